The van der Waals surface area contributed by atoms with Gasteiger partial charge in [0.2, 0.25) is 0 Å². The van der Waals surface area contributed by atoms with Crippen molar-refractivity contribution >= 4 is 18.3 Å². The zero-order valence-corrected chi connectivity index (χ0v) is 9.86. The highest BCUT2D eigenvalue weighted by Gasteiger charge is 2.07. The first kappa shape index (κ1) is 13.9. The molecule has 0 radical (unpaired) electrons. The number of nitrogens with one attached hydrogen (secondary N) is 2. The number of rotatable bonds is 4. The second-order valence-corrected chi connectivity index (χ2v) is 3.09. The highest BCUT2D eigenvalue weighted by atomic mass is 35.5. The maximum Gasteiger partial charge on any atom is 0.251 e. The molecule has 3 nitrogen and oxygen atoms in total. The molecule has 1 amide bonds. The van der Waals surface area contributed by atoms with Crippen molar-refractivity contribution in [2.75, 3.05) is 20.6 Å². The van der Waals surface area contributed by atoms with Gasteiger partial charge in [0.25, 0.3) is 5.91 Å². The van der Waals surface area contributed by atoms with Gasteiger partial charge in [-0.1, -0.05) is 18.2 Å². The van der Waals surface area contributed by atoms with Crippen molar-refractivity contribution in [3.63, 3.8) is 0 Å². The molecule has 84 valence electrons. The lowest BCUT2D eigenvalue weighted by Crippen LogP contribution is -2.21. The maximum atomic E-state index is 11.5. The van der Waals surface area contributed by atoms with Gasteiger partial charge < -0.3 is 10.6 Å². The van der Waals surface area contributed by atoms with Crippen LogP contribution in [0.5, 0.6) is 0 Å². The van der Waals surface area contributed by atoms with Crippen LogP contribution in [0, 0.1) is 0 Å². The molecule has 0 spiro atoms. The van der Waals surface area contributed by atoms with Gasteiger partial charge in [-0.25, -0.2) is 0 Å². The molecule has 0 aliphatic rings. The molecule has 0 fully saturated rings. The number of carbonyl (C=O) groups is 1. The minimum Gasteiger partial charge on any atom is -0.355 e. The van der Waals surface area contributed by atoms with Gasteiger partial charge in [-0.15, -0.1) is 12.4 Å². The molecule has 0 aromatic heterocycles. The smallest absolute Gasteiger partial charge is 0.251 e. The van der Waals surface area contributed by atoms with Gasteiger partial charge in [-0.2, -0.15) is 0 Å². The van der Waals surface area contributed by atoms with E-state index in [1.165, 1.54) is 0 Å². The molecule has 15 heavy (non-hydrogen) atoms. The van der Waals surface area contributed by atoms with Crippen molar-refractivity contribution in [2.45, 2.75) is 6.42 Å². The number of halogens is 1. The van der Waals surface area contributed by atoms with Gasteiger partial charge >= 0.3 is 0 Å². The van der Waals surface area contributed by atoms with Crippen LogP contribution in [-0.4, -0.2) is 26.5 Å². The fourth-order valence-electron chi connectivity index (χ4n) is 1.35. The van der Waals surface area contributed by atoms with Crippen LogP contribution in [0.2, 0.25) is 0 Å². The summed E-state index contributed by atoms with van der Waals surface area (Å²) in [4.78, 5) is 11.5. The van der Waals surface area contributed by atoms with E-state index in [2.05, 4.69) is 10.6 Å². The van der Waals surface area contributed by atoms with E-state index < -0.39 is 0 Å². The molecular weight excluding hydrogens is 212 g/mol. The summed E-state index contributed by atoms with van der Waals surface area (Å²) in [5.74, 6) is -0.0169. The van der Waals surface area contributed by atoms with Gasteiger partial charge in [0.15, 0.2) is 0 Å². The van der Waals surface area contributed by atoms with E-state index in [-0.39, 0.29) is 18.3 Å². The van der Waals surface area contributed by atoms with Crippen LogP contribution in [-0.2, 0) is 6.42 Å². The number of hydrogen-bond acceptors (Lipinski definition) is 2. The van der Waals surface area contributed by atoms with Gasteiger partial charge in [0, 0.05) is 12.6 Å². The first-order valence-corrected chi connectivity index (χ1v) is 4.74. The molecule has 0 saturated heterocycles. The van der Waals surface area contributed by atoms with E-state index in [1.807, 2.05) is 31.3 Å². The third-order valence-electron chi connectivity index (χ3n) is 2.13. The summed E-state index contributed by atoms with van der Waals surface area (Å²) in [6.07, 6.45) is 0.875. The first-order chi connectivity index (χ1) is 6.79. The zero-order chi connectivity index (χ0) is 10.4. The van der Waals surface area contributed by atoms with E-state index in [0.717, 1.165) is 24.1 Å². The number of benzene rings is 1. The van der Waals surface area contributed by atoms with Crippen LogP contribution in [0.25, 0.3) is 0 Å². The molecule has 0 heterocycles. The Kier molecular flexibility index (Phi) is 6.75. The van der Waals surface area contributed by atoms with Crippen molar-refractivity contribution in [1.29, 1.82) is 0 Å². The largest absolute Gasteiger partial charge is 0.355 e. The summed E-state index contributed by atoms with van der Waals surface area (Å²) in [7, 11) is 3.56. The highest BCUT2D eigenvalue weighted by molar-refractivity contribution is 5.95. The Morgan fingerprint density at radius 1 is 1.27 bits per heavy atom. The normalized spacial score (nSPS) is 9.20. The summed E-state index contributed by atoms with van der Waals surface area (Å²) in [5, 5.41) is 5.71. The van der Waals surface area contributed by atoms with E-state index in [4.69, 9.17) is 0 Å². The van der Waals surface area contributed by atoms with Crippen LogP contribution in [0.3, 0.4) is 0 Å². The van der Waals surface area contributed by atoms with Gasteiger partial charge in [0.05, 0.1) is 0 Å². The summed E-state index contributed by atoms with van der Waals surface area (Å²) < 4.78 is 0. The molecule has 0 atom stereocenters. The quantitative estimate of drug-likeness (QED) is 0.814. The molecular formula is C11H17ClN2O. The standard InChI is InChI=1S/C11H16N2O.ClH/c1-12-8-7-9-5-3-4-6-10(9)11(14)13-2;/h3-6,12H,7-8H2,1-2H3,(H,13,14);1H. The summed E-state index contributed by atoms with van der Waals surface area (Å²) in [6, 6.07) is 7.68. The molecule has 4 heteroatoms. The Morgan fingerprint density at radius 2 is 1.93 bits per heavy atom. The molecule has 0 aliphatic heterocycles. The highest BCUT2D eigenvalue weighted by Crippen LogP contribution is 2.08. The lowest BCUT2D eigenvalue weighted by atomic mass is 10.0. The Labute approximate surface area is 96.7 Å². The second-order valence-electron chi connectivity index (χ2n) is 3.09. The second kappa shape index (κ2) is 7.26. The Balaban J connectivity index is 0.00000196. The number of hydrogen-bond donors (Lipinski definition) is 2. The molecule has 0 aliphatic carbocycles. The minimum atomic E-state index is -0.0169. The minimum absolute atomic E-state index is 0. The molecule has 1 aromatic carbocycles. The molecule has 1 rings (SSSR count). The molecule has 0 unspecified atom stereocenters. The van der Waals surface area contributed by atoms with E-state index in [1.54, 1.807) is 7.05 Å². The Bertz CT molecular complexity index is 315. The van der Waals surface area contributed by atoms with Gasteiger partial charge in [-0.05, 0) is 31.6 Å². The first-order valence-electron chi connectivity index (χ1n) is 4.74. The summed E-state index contributed by atoms with van der Waals surface area (Å²) >= 11 is 0. The summed E-state index contributed by atoms with van der Waals surface area (Å²) in [6.45, 7) is 0.883. The van der Waals surface area contributed by atoms with Crippen LogP contribution in [0.15, 0.2) is 24.3 Å². The molecule has 0 bridgehead atoms. The molecule has 0 saturated carbocycles. The zero-order valence-electron chi connectivity index (χ0n) is 9.04. The maximum absolute atomic E-state index is 11.5. The van der Waals surface area contributed by atoms with Crippen molar-refractivity contribution in [2.24, 2.45) is 0 Å². The predicted octanol–water partition coefficient (Wildman–Crippen LogP) is 1.23. The van der Waals surface area contributed by atoms with Crippen LogP contribution in [0.4, 0.5) is 0 Å². The van der Waals surface area contributed by atoms with Gasteiger partial charge in [-0.3, -0.25) is 4.79 Å². The third-order valence-corrected chi connectivity index (χ3v) is 2.13. The third kappa shape index (κ3) is 3.90. The predicted molar refractivity (Wildman–Crippen MR) is 64.7 cm³/mol. The fraction of sp³-hybridized carbons (Fsp3) is 0.364. The monoisotopic (exact) mass is 228 g/mol. The Morgan fingerprint density at radius 3 is 2.53 bits per heavy atom. The number of amides is 1. The number of carbonyl (C=O) groups excluding carboxylic acids is 1. The van der Waals surface area contributed by atoms with Crippen LogP contribution >= 0.6 is 12.4 Å². The summed E-state index contributed by atoms with van der Waals surface area (Å²) in [5.41, 5.74) is 1.85. The number of likely N-dealkylation sites (N-methyl/N-ethyl adjacent to an activating group) is 1. The van der Waals surface area contributed by atoms with Crippen LogP contribution < -0.4 is 10.6 Å². The lowest BCUT2D eigenvalue weighted by Gasteiger charge is -2.07. The molecule has 1 aromatic rings. The average molecular weight is 229 g/mol. The van der Waals surface area contributed by atoms with Crippen LogP contribution in [0.1, 0.15) is 15.9 Å². The fourth-order valence-corrected chi connectivity index (χ4v) is 1.35. The van der Waals surface area contributed by atoms with Crippen molar-refractivity contribution in [3.8, 4) is 0 Å². The van der Waals surface area contributed by atoms with E-state index in [0.29, 0.717) is 0 Å². The van der Waals surface area contributed by atoms with Crippen molar-refractivity contribution < 1.29 is 4.79 Å². The van der Waals surface area contributed by atoms with Crippen molar-refractivity contribution in [3.05, 3.63) is 35.4 Å². The van der Waals surface area contributed by atoms with E-state index >= 15 is 0 Å². The van der Waals surface area contributed by atoms with Gasteiger partial charge in [0.1, 0.15) is 0 Å². The van der Waals surface area contributed by atoms with E-state index in [9.17, 15) is 4.79 Å². The van der Waals surface area contributed by atoms with Crippen molar-refractivity contribution in [1.82, 2.24) is 10.6 Å². The SMILES string of the molecule is CNCCc1ccccc1C(=O)NC.Cl. The average Bonchev–Trinajstić information content (AvgIpc) is 2.25. The molecule has 2 N–H and O–H groups in total. The topological polar surface area (TPSA) is 41.1 Å². The Hall–Kier alpha value is -1.06. The lowest BCUT2D eigenvalue weighted by molar-refractivity contribution is 0.0962.